The highest BCUT2D eigenvalue weighted by Crippen LogP contribution is 2.45. The first-order chi connectivity index (χ1) is 12.0. The summed E-state index contributed by atoms with van der Waals surface area (Å²) in [4.78, 5) is 11.8. The van der Waals surface area contributed by atoms with Crippen LogP contribution >= 0.6 is 11.8 Å². The number of alkyl halides is 2. The molecular weight excluding hydrogens is 344 g/mol. The first kappa shape index (κ1) is 15.5. The number of aliphatic hydroxyl groups is 1. The highest BCUT2D eigenvalue weighted by atomic mass is 32.2. The Hall–Kier alpha value is -1.73. The standard InChI is InChI=1S/C18H17F2N3OS/c19-18(20)5-3-13-15(11-1-2-14-10(7-11)4-6-25-14)21-17(22-16(13)18)23-8-12(24)9-23/h1-2,7,12,24H,3-6,8-9H2. The second-order valence-electron chi connectivity index (χ2n) is 6.88. The summed E-state index contributed by atoms with van der Waals surface area (Å²) in [5.74, 6) is -1.54. The van der Waals surface area contributed by atoms with Crippen LogP contribution in [-0.4, -0.2) is 40.0 Å². The third kappa shape index (κ3) is 2.44. The van der Waals surface area contributed by atoms with Gasteiger partial charge in [-0.3, -0.25) is 0 Å². The Morgan fingerprint density at radius 3 is 2.84 bits per heavy atom. The van der Waals surface area contributed by atoms with Gasteiger partial charge in [-0.15, -0.1) is 11.8 Å². The minimum atomic E-state index is -2.90. The summed E-state index contributed by atoms with van der Waals surface area (Å²) in [6.45, 7) is 0.787. The third-order valence-electron chi connectivity index (χ3n) is 5.14. The van der Waals surface area contributed by atoms with E-state index in [1.165, 1.54) is 10.5 Å². The van der Waals surface area contributed by atoms with Crippen LogP contribution in [0.2, 0.25) is 0 Å². The van der Waals surface area contributed by atoms with Gasteiger partial charge >= 0.3 is 0 Å². The molecule has 2 aromatic rings. The van der Waals surface area contributed by atoms with E-state index in [4.69, 9.17) is 0 Å². The van der Waals surface area contributed by atoms with Crippen molar-refractivity contribution < 1.29 is 13.9 Å². The molecule has 0 unspecified atom stereocenters. The Morgan fingerprint density at radius 2 is 2.04 bits per heavy atom. The number of thioether (sulfide) groups is 1. The maximum absolute atomic E-state index is 14.3. The predicted molar refractivity (Wildman–Crippen MR) is 92.3 cm³/mol. The van der Waals surface area contributed by atoms with Gasteiger partial charge in [-0.05, 0) is 30.5 Å². The predicted octanol–water partition coefficient (Wildman–Crippen LogP) is 3.01. The average molecular weight is 361 g/mol. The van der Waals surface area contributed by atoms with Crippen molar-refractivity contribution in [3.05, 3.63) is 35.0 Å². The fraction of sp³-hybridized carbons (Fsp3) is 0.444. The average Bonchev–Trinajstić information content (AvgIpc) is 3.15. The van der Waals surface area contributed by atoms with E-state index in [-0.39, 0.29) is 12.1 Å². The number of benzene rings is 1. The van der Waals surface area contributed by atoms with Crippen LogP contribution in [0.15, 0.2) is 23.1 Å². The van der Waals surface area contributed by atoms with Gasteiger partial charge in [-0.25, -0.2) is 9.97 Å². The van der Waals surface area contributed by atoms with Crippen molar-refractivity contribution in [2.45, 2.75) is 36.2 Å². The number of halogens is 2. The zero-order valence-electron chi connectivity index (χ0n) is 13.5. The molecule has 1 N–H and O–H groups in total. The van der Waals surface area contributed by atoms with E-state index in [9.17, 15) is 13.9 Å². The van der Waals surface area contributed by atoms with Gasteiger partial charge < -0.3 is 10.0 Å². The first-order valence-electron chi connectivity index (χ1n) is 8.49. The number of aryl methyl sites for hydroxylation is 1. The van der Waals surface area contributed by atoms with E-state index in [0.717, 1.165) is 17.7 Å². The van der Waals surface area contributed by atoms with Gasteiger partial charge in [0, 0.05) is 41.3 Å². The van der Waals surface area contributed by atoms with Gasteiger partial charge in [0.25, 0.3) is 5.92 Å². The molecule has 4 nitrogen and oxygen atoms in total. The van der Waals surface area contributed by atoms with Crippen molar-refractivity contribution in [3.63, 3.8) is 0 Å². The van der Waals surface area contributed by atoms with Crippen molar-refractivity contribution in [2.75, 3.05) is 23.7 Å². The molecule has 5 rings (SSSR count). The summed E-state index contributed by atoms with van der Waals surface area (Å²) in [6, 6.07) is 6.13. The second kappa shape index (κ2) is 5.38. The topological polar surface area (TPSA) is 49.2 Å². The maximum atomic E-state index is 14.3. The molecule has 7 heteroatoms. The molecule has 0 amide bonds. The molecule has 3 aliphatic rings. The normalized spacial score (nSPS) is 21.2. The van der Waals surface area contributed by atoms with Gasteiger partial charge in [0.15, 0.2) is 0 Å². The van der Waals surface area contributed by atoms with Gasteiger partial charge in [-0.2, -0.15) is 8.78 Å². The van der Waals surface area contributed by atoms with Crippen molar-refractivity contribution >= 4 is 17.7 Å². The smallest absolute Gasteiger partial charge is 0.290 e. The molecule has 1 aliphatic carbocycles. The molecule has 0 radical (unpaired) electrons. The minimum Gasteiger partial charge on any atom is -0.389 e. The molecule has 2 aliphatic heterocycles. The van der Waals surface area contributed by atoms with Gasteiger partial charge in [0.1, 0.15) is 5.69 Å². The lowest BCUT2D eigenvalue weighted by molar-refractivity contribution is -0.00596. The number of hydrogen-bond donors (Lipinski definition) is 1. The number of aromatic nitrogens is 2. The number of β-amino-alcohol motifs (C(OH)–C–C–N with tert-alkyl or cyclic N) is 1. The first-order valence-corrected chi connectivity index (χ1v) is 9.48. The van der Waals surface area contributed by atoms with Crippen molar-refractivity contribution in [1.82, 2.24) is 9.97 Å². The Labute approximate surface area is 148 Å². The molecule has 0 spiro atoms. The van der Waals surface area contributed by atoms with Crippen LogP contribution in [0.1, 0.15) is 23.2 Å². The molecular formula is C18H17F2N3OS. The number of nitrogens with zero attached hydrogens (tertiary/aromatic N) is 3. The highest BCUT2D eigenvalue weighted by Gasteiger charge is 2.44. The van der Waals surface area contributed by atoms with Gasteiger partial charge in [-0.1, -0.05) is 6.07 Å². The van der Waals surface area contributed by atoms with Crippen LogP contribution in [0.4, 0.5) is 14.7 Å². The lowest BCUT2D eigenvalue weighted by Gasteiger charge is -2.36. The summed E-state index contributed by atoms with van der Waals surface area (Å²) >= 11 is 1.83. The number of aliphatic hydroxyl groups excluding tert-OH is 1. The largest absolute Gasteiger partial charge is 0.389 e. The second-order valence-corrected chi connectivity index (χ2v) is 8.02. The fourth-order valence-corrected chi connectivity index (χ4v) is 4.80. The molecule has 1 aromatic carbocycles. The summed E-state index contributed by atoms with van der Waals surface area (Å²) in [5.41, 5.74) is 3.21. The summed E-state index contributed by atoms with van der Waals surface area (Å²) in [6.07, 6.45) is 0.656. The maximum Gasteiger partial charge on any atom is 0.290 e. The van der Waals surface area contributed by atoms with E-state index in [1.54, 1.807) is 4.90 Å². The lowest BCUT2D eigenvalue weighted by Crippen LogP contribution is -2.51. The number of rotatable bonds is 2. The van der Waals surface area contributed by atoms with E-state index in [1.807, 2.05) is 17.8 Å². The van der Waals surface area contributed by atoms with E-state index in [0.29, 0.717) is 36.7 Å². The number of anilines is 1. The zero-order valence-corrected chi connectivity index (χ0v) is 14.3. The van der Waals surface area contributed by atoms with Crippen LogP contribution in [0.25, 0.3) is 11.3 Å². The fourth-order valence-electron chi connectivity index (χ4n) is 3.74. The van der Waals surface area contributed by atoms with Crippen LogP contribution in [0.5, 0.6) is 0 Å². The number of fused-ring (bicyclic) bond motifs is 2. The molecule has 25 heavy (non-hydrogen) atoms. The Balaban J connectivity index is 1.65. The monoisotopic (exact) mass is 361 g/mol. The molecule has 0 bridgehead atoms. The van der Waals surface area contributed by atoms with Gasteiger partial charge in [0.05, 0.1) is 11.8 Å². The number of hydrogen-bond acceptors (Lipinski definition) is 5. The Bertz CT molecular complexity index is 868. The van der Waals surface area contributed by atoms with E-state index >= 15 is 0 Å². The Kier molecular flexibility index (Phi) is 3.34. The summed E-state index contributed by atoms with van der Waals surface area (Å²) in [5, 5.41) is 9.52. The molecule has 130 valence electrons. The Morgan fingerprint density at radius 1 is 1.20 bits per heavy atom. The lowest BCUT2D eigenvalue weighted by atomic mass is 10.0. The van der Waals surface area contributed by atoms with Gasteiger partial charge in [0.2, 0.25) is 5.95 Å². The van der Waals surface area contributed by atoms with E-state index in [2.05, 4.69) is 22.1 Å². The van der Waals surface area contributed by atoms with Crippen molar-refractivity contribution in [2.24, 2.45) is 0 Å². The SMILES string of the molecule is OC1CN(c2nc(-c3ccc4c(c3)CCS4)c3c(n2)C(F)(F)CC3)C1. The minimum absolute atomic E-state index is 0.135. The molecule has 0 saturated carbocycles. The van der Waals surface area contributed by atoms with Crippen LogP contribution in [0.3, 0.4) is 0 Å². The quantitative estimate of drug-likeness (QED) is 0.891. The van der Waals surface area contributed by atoms with Crippen LogP contribution < -0.4 is 4.90 Å². The van der Waals surface area contributed by atoms with Crippen molar-refractivity contribution in [1.29, 1.82) is 0 Å². The third-order valence-corrected chi connectivity index (χ3v) is 6.26. The molecule has 1 fully saturated rings. The molecule has 3 heterocycles. The zero-order chi connectivity index (χ0) is 17.2. The summed E-state index contributed by atoms with van der Waals surface area (Å²) < 4.78 is 28.7. The van der Waals surface area contributed by atoms with Crippen LogP contribution in [0, 0.1) is 0 Å². The molecule has 1 aromatic heterocycles. The highest BCUT2D eigenvalue weighted by molar-refractivity contribution is 7.99. The van der Waals surface area contributed by atoms with Crippen molar-refractivity contribution in [3.8, 4) is 11.3 Å². The summed E-state index contributed by atoms with van der Waals surface area (Å²) in [7, 11) is 0. The molecule has 0 atom stereocenters. The van der Waals surface area contributed by atoms with Crippen LogP contribution in [-0.2, 0) is 18.8 Å². The molecule has 1 saturated heterocycles. The van der Waals surface area contributed by atoms with E-state index < -0.39 is 12.0 Å².